The van der Waals surface area contributed by atoms with Crippen LogP contribution < -0.4 is 14.8 Å². The molecule has 33 heavy (non-hydrogen) atoms. The van der Waals surface area contributed by atoms with Gasteiger partial charge in [0.2, 0.25) is 5.91 Å². The summed E-state index contributed by atoms with van der Waals surface area (Å²) in [6.45, 7) is 4.32. The third-order valence-corrected chi connectivity index (χ3v) is 6.50. The summed E-state index contributed by atoms with van der Waals surface area (Å²) in [5, 5.41) is 3.36. The Balaban J connectivity index is 1.86. The molecule has 1 saturated carbocycles. The van der Waals surface area contributed by atoms with Crippen LogP contribution in [-0.4, -0.2) is 35.7 Å². The predicted molar refractivity (Wildman–Crippen MR) is 132 cm³/mol. The predicted octanol–water partition coefficient (Wildman–Crippen LogP) is 5.76. The van der Waals surface area contributed by atoms with Gasteiger partial charge in [0.1, 0.15) is 11.9 Å². The van der Waals surface area contributed by atoms with Crippen molar-refractivity contribution in [2.75, 3.05) is 14.2 Å². The molecule has 1 heterocycles. The van der Waals surface area contributed by atoms with Gasteiger partial charge in [0, 0.05) is 6.04 Å². The highest BCUT2D eigenvalue weighted by atomic mass is 16.5. The van der Waals surface area contributed by atoms with E-state index in [9.17, 15) is 4.79 Å². The van der Waals surface area contributed by atoms with Gasteiger partial charge in [0.15, 0.2) is 11.5 Å². The Kier molecular flexibility index (Phi) is 7.21. The van der Waals surface area contributed by atoms with Crippen molar-refractivity contribution in [3.05, 3.63) is 42.5 Å². The number of carbonyl (C=O) groups excluding carboxylic acids is 1. The zero-order valence-electron chi connectivity index (χ0n) is 20.1. The lowest BCUT2D eigenvalue weighted by Gasteiger charge is -2.28. The van der Waals surface area contributed by atoms with Crippen molar-refractivity contribution in [3.63, 3.8) is 0 Å². The number of hydrogen-bond donors (Lipinski definition) is 1. The molecule has 6 heteroatoms. The van der Waals surface area contributed by atoms with Crippen LogP contribution in [0.5, 0.6) is 11.5 Å². The standard InChI is InChI=1S/C27H35N3O3/c1-18(2)17-23(27(31)28-19-11-6-5-7-12-19)30-22-15-9-8-14-21(22)29-26(30)20-13-10-16-24(32-3)25(20)33-4/h8-10,13-16,18-19,23H,5-7,11-12,17H2,1-4H3,(H,28,31). The summed E-state index contributed by atoms with van der Waals surface area (Å²) in [4.78, 5) is 18.7. The molecular weight excluding hydrogens is 414 g/mol. The number of nitrogens with one attached hydrogen (secondary N) is 1. The van der Waals surface area contributed by atoms with Crippen LogP contribution in [0.4, 0.5) is 0 Å². The first-order chi connectivity index (χ1) is 16.0. The van der Waals surface area contributed by atoms with E-state index >= 15 is 0 Å². The average molecular weight is 450 g/mol. The van der Waals surface area contributed by atoms with Gasteiger partial charge >= 0.3 is 0 Å². The van der Waals surface area contributed by atoms with Crippen molar-refractivity contribution in [3.8, 4) is 22.9 Å². The van der Waals surface area contributed by atoms with Crippen LogP contribution in [0.1, 0.15) is 58.4 Å². The number of hydrogen-bond acceptors (Lipinski definition) is 4. The van der Waals surface area contributed by atoms with E-state index in [1.165, 1.54) is 19.3 Å². The molecule has 3 aromatic rings. The van der Waals surface area contributed by atoms with Gasteiger partial charge in [-0.15, -0.1) is 0 Å². The molecule has 0 bridgehead atoms. The van der Waals surface area contributed by atoms with Gasteiger partial charge in [-0.05, 0) is 49.4 Å². The zero-order chi connectivity index (χ0) is 23.4. The maximum absolute atomic E-state index is 13.7. The Morgan fingerprint density at radius 3 is 2.52 bits per heavy atom. The number of carbonyl (C=O) groups is 1. The lowest BCUT2D eigenvalue weighted by atomic mass is 9.94. The van der Waals surface area contributed by atoms with Crippen LogP contribution in [0.15, 0.2) is 42.5 Å². The molecule has 0 spiro atoms. The molecule has 6 nitrogen and oxygen atoms in total. The van der Waals surface area contributed by atoms with E-state index in [1.807, 2.05) is 42.5 Å². The number of methoxy groups -OCH3 is 2. The highest BCUT2D eigenvalue weighted by molar-refractivity contribution is 5.88. The lowest BCUT2D eigenvalue weighted by Crippen LogP contribution is -2.41. The van der Waals surface area contributed by atoms with Crippen molar-refractivity contribution in [1.29, 1.82) is 0 Å². The van der Waals surface area contributed by atoms with E-state index in [1.54, 1.807) is 14.2 Å². The molecule has 4 rings (SSSR count). The first-order valence-electron chi connectivity index (χ1n) is 12.0. The quantitative estimate of drug-likeness (QED) is 0.475. The Labute approximate surface area is 196 Å². The molecule has 1 unspecified atom stereocenters. The second-order valence-corrected chi connectivity index (χ2v) is 9.32. The van der Waals surface area contributed by atoms with Crippen molar-refractivity contribution >= 4 is 16.9 Å². The lowest BCUT2D eigenvalue weighted by molar-refractivity contribution is -0.125. The van der Waals surface area contributed by atoms with E-state index < -0.39 is 0 Å². The first kappa shape index (κ1) is 23.1. The first-order valence-corrected chi connectivity index (χ1v) is 12.0. The van der Waals surface area contributed by atoms with Gasteiger partial charge in [0.05, 0.1) is 30.8 Å². The number of imidazole rings is 1. The molecule has 0 saturated heterocycles. The molecule has 1 amide bonds. The van der Waals surface area contributed by atoms with Gasteiger partial charge in [-0.25, -0.2) is 4.98 Å². The number of amides is 1. The average Bonchev–Trinajstić information content (AvgIpc) is 3.21. The van der Waals surface area contributed by atoms with Gasteiger partial charge in [0.25, 0.3) is 0 Å². The number of nitrogens with zero attached hydrogens (tertiary/aromatic N) is 2. The van der Waals surface area contributed by atoms with E-state index in [4.69, 9.17) is 14.5 Å². The number of ether oxygens (including phenoxy) is 2. The Morgan fingerprint density at radius 1 is 1.06 bits per heavy atom. The van der Waals surface area contributed by atoms with Crippen LogP contribution in [-0.2, 0) is 4.79 Å². The minimum Gasteiger partial charge on any atom is -0.493 e. The van der Waals surface area contributed by atoms with E-state index in [-0.39, 0.29) is 18.0 Å². The molecule has 2 aromatic carbocycles. The third kappa shape index (κ3) is 4.85. The van der Waals surface area contributed by atoms with Gasteiger partial charge in [-0.2, -0.15) is 0 Å². The Hall–Kier alpha value is -3.02. The van der Waals surface area contributed by atoms with E-state index in [0.717, 1.165) is 41.7 Å². The second-order valence-electron chi connectivity index (χ2n) is 9.32. The summed E-state index contributed by atoms with van der Waals surface area (Å²) in [6, 6.07) is 13.7. The second kappa shape index (κ2) is 10.3. The largest absolute Gasteiger partial charge is 0.493 e. The van der Waals surface area contributed by atoms with Crippen LogP contribution >= 0.6 is 0 Å². The third-order valence-electron chi connectivity index (χ3n) is 6.50. The number of benzene rings is 2. The number of rotatable bonds is 8. The number of para-hydroxylation sites is 3. The minimum atomic E-state index is -0.370. The SMILES string of the molecule is COc1cccc(-c2nc3ccccc3n2C(CC(C)C)C(=O)NC2CCCCC2)c1OC. The van der Waals surface area contributed by atoms with Crippen LogP contribution in [0.3, 0.4) is 0 Å². The molecule has 0 aliphatic heterocycles. The summed E-state index contributed by atoms with van der Waals surface area (Å²) >= 11 is 0. The van der Waals surface area contributed by atoms with Gasteiger partial charge in [-0.1, -0.05) is 51.3 Å². The summed E-state index contributed by atoms with van der Waals surface area (Å²) in [7, 11) is 3.26. The fourth-order valence-corrected chi connectivity index (χ4v) is 4.93. The topological polar surface area (TPSA) is 65.4 Å². The fourth-order valence-electron chi connectivity index (χ4n) is 4.93. The summed E-state index contributed by atoms with van der Waals surface area (Å²) in [6.07, 6.45) is 6.45. The van der Waals surface area contributed by atoms with E-state index in [0.29, 0.717) is 17.4 Å². The van der Waals surface area contributed by atoms with Crippen molar-refractivity contribution in [1.82, 2.24) is 14.9 Å². The molecule has 0 radical (unpaired) electrons. The monoisotopic (exact) mass is 449 g/mol. The van der Waals surface area contributed by atoms with Crippen molar-refractivity contribution in [2.45, 2.75) is 64.5 Å². The smallest absolute Gasteiger partial charge is 0.243 e. The molecule has 1 aliphatic rings. The van der Waals surface area contributed by atoms with Crippen LogP contribution in [0.25, 0.3) is 22.4 Å². The highest BCUT2D eigenvalue weighted by Gasteiger charge is 2.30. The molecular formula is C27H35N3O3. The number of aromatic nitrogens is 2. The summed E-state index contributed by atoms with van der Waals surface area (Å²) in [5.74, 6) is 2.39. The van der Waals surface area contributed by atoms with Crippen molar-refractivity contribution < 1.29 is 14.3 Å². The fraction of sp³-hybridized carbons (Fsp3) is 0.481. The van der Waals surface area contributed by atoms with Crippen LogP contribution in [0, 0.1) is 5.92 Å². The molecule has 1 aromatic heterocycles. The van der Waals surface area contributed by atoms with Gasteiger partial charge in [-0.3, -0.25) is 4.79 Å². The maximum atomic E-state index is 13.7. The zero-order valence-corrected chi connectivity index (χ0v) is 20.1. The molecule has 1 fully saturated rings. The molecule has 1 N–H and O–H groups in total. The summed E-state index contributed by atoms with van der Waals surface area (Å²) < 4.78 is 13.4. The Morgan fingerprint density at radius 2 is 1.82 bits per heavy atom. The molecule has 176 valence electrons. The van der Waals surface area contributed by atoms with Gasteiger partial charge < -0.3 is 19.4 Å². The van der Waals surface area contributed by atoms with Crippen molar-refractivity contribution in [2.24, 2.45) is 5.92 Å². The summed E-state index contributed by atoms with van der Waals surface area (Å²) in [5.41, 5.74) is 2.62. The Bertz CT molecular complexity index is 1100. The molecule has 1 atom stereocenters. The van der Waals surface area contributed by atoms with E-state index in [2.05, 4.69) is 23.7 Å². The minimum absolute atomic E-state index is 0.0712. The maximum Gasteiger partial charge on any atom is 0.243 e. The molecule has 1 aliphatic carbocycles. The van der Waals surface area contributed by atoms with Crippen LogP contribution in [0.2, 0.25) is 0 Å². The highest BCUT2D eigenvalue weighted by Crippen LogP contribution is 2.40. The number of fused-ring (bicyclic) bond motifs is 1. The normalized spacial score (nSPS) is 15.5.